The molecule has 3 aromatic carbocycles. The molecule has 2 bridgehead atoms. The molecule has 0 amide bonds. The smallest absolute Gasteiger partial charge is 0.224 e. The van der Waals surface area contributed by atoms with E-state index in [9.17, 15) is 0 Å². The Kier molecular flexibility index (Phi) is 4.21. The van der Waals surface area contributed by atoms with Gasteiger partial charge in [-0.1, -0.05) is 44.5 Å². The van der Waals surface area contributed by atoms with E-state index in [1.54, 1.807) is 5.56 Å². The summed E-state index contributed by atoms with van der Waals surface area (Å²) in [6, 6.07) is 19.4. The van der Waals surface area contributed by atoms with Crippen molar-refractivity contribution in [2.75, 3.05) is 0 Å². The van der Waals surface area contributed by atoms with E-state index in [1.165, 1.54) is 85.8 Å². The molecule has 180 valence electrons. The van der Waals surface area contributed by atoms with Crippen molar-refractivity contribution in [1.29, 1.82) is 0 Å². The van der Waals surface area contributed by atoms with Gasteiger partial charge in [-0.15, -0.1) is 0 Å². The standard InChI is InChI=1S/C34H35N2/c1-19(2)13-21-7-10-29-28(16-21)26-9-5-20(3)31-33(26)36(29)30-18-25(27-15-22-6-8-23(27)14-22)17-24-11-12-35(4)34(31)32(24)30/h5,7,9-12,16-19,22-23,27H,6,8,13-15H2,1-4H3/q+1. The number of pyridine rings is 2. The minimum absolute atomic E-state index is 0.658. The Balaban J connectivity index is 1.56. The summed E-state index contributed by atoms with van der Waals surface area (Å²) >= 11 is 0. The van der Waals surface area contributed by atoms with E-state index in [0.29, 0.717) is 5.92 Å². The van der Waals surface area contributed by atoms with Crippen LogP contribution in [0.1, 0.15) is 62.1 Å². The lowest BCUT2D eigenvalue weighted by Crippen LogP contribution is -2.29. The summed E-state index contributed by atoms with van der Waals surface area (Å²) in [7, 11) is 2.22. The summed E-state index contributed by atoms with van der Waals surface area (Å²) in [5, 5.41) is 7.02. The predicted molar refractivity (Wildman–Crippen MR) is 151 cm³/mol. The van der Waals surface area contributed by atoms with Gasteiger partial charge in [0.15, 0.2) is 6.20 Å². The van der Waals surface area contributed by atoms with Crippen molar-refractivity contribution < 1.29 is 4.57 Å². The highest BCUT2D eigenvalue weighted by molar-refractivity contribution is 6.25. The number of hydrogen-bond donors (Lipinski definition) is 0. The third-order valence-electron chi connectivity index (χ3n) is 9.73. The van der Waals surface area contributed by atoms with Crippen LogP contribution in [0, 0.1) is 24.7 Å². The fourth-order valence-corrected chi connectivity index (χ4v) is 8.25. The minimum Gasteiger partial charge on any atom is -0.307 e. The topological polar surface area (TPSA) is 8.29 Å². The van der Waals surface area contributed by atoms with E-state index in [-0.39, 0.29) is 0 Å². The number of nitrogens with zero attached hydrogens (tertiary/aromatic N) is 2. The van der Waals surface area contributed by atoms with Crippen LogP contribution in [0.4, 0.5) is 0 Å². The molecule has 3 heterocycles. The van der Waals surface area contributed by atoms with E-state index < -0.39 is 0 Å². The van der Waals surface area contributed by atoms with Crippen LogP contribution >= 0.6 is 0 Å². The molecule has 0 aliphatic heterocycles. The molecular formula is C34H35N2+. The second-order valence-corrected chi connectivity index (χ2v) is 12.5. The third kappa shape index (κ3) is 2.71. The molecule has 8 rings (SSSR count). The van der Waals surface area contributed by atoms with Crippen LogP contribution in [0.2, 0.25) is 0 Å². The van der Waals surface area contributed by atoms with Gasteiger partial charge in [0.05, 0.1) is 27.3 Å². The molecule has 2 nitrogen and oxygen atoms in total. The number of rotatable bonds is 3. The minimum atomic E-state index is 0.658. The molecule has 0 saturated heterocycles. The lowest BCUT2D eigenvalue weighted by molar-refractivity contribution is -0.643. The third-order valence-corrected chi connectivity index (χ3v) is 9.73. The maximum absolute atomic E-state index is 2.62. The van der Waals surface area contributed by atoms with E-state index in [0.717, 1.165) is 24.2 Å². The fourth-order valence-electron chi connectivity index (χ4n) is 8.25. The van der Waals surface area contributed by atoms with Gasteiger partial charge in [0.1, 0.15) is 7.05 Å². The van der Waals surface area contributed by atoms with E-state index in [2.05, 4.69) is 91.5 Å². The van der Waals surface area contributed by atoms with Crippen LogP contribution in [0.3, 0.4) is 0 Å². The van der Waals surface area contributed by atoms with Gasteiger partial charge in [-0.25, -0.2) is 4.57 Å². The number of fused-ring (bicyclic) bond motifs is 7. The molecule has 0 spiro atoms. The average Bonchev–Trinajstić information content (AvgIpc) is 3.57. The Morgan fingerprint density at radius 1 is 0.917 bits per heavy atom. The van der Waals surface area contributed by atoms with Crippen LogP contribution in [-0.4, -0.2) is 4.40 Å². The first-order valence-electron chi connectivity index (χ1n) is 14.0. The lowest BCUT2D eigenvalue weighted by atomic mass is 9.82. The monoisotopic (exact) mass is 471 g/mol. The second kappa shape index (κ2) is 7.22. The Morgan fingerprint density at radius 2 is 1.81 bits per heavy atom. The number of hydrogen-bond acceptors (Lipinski definition) is 0. The van der Waals surface area contributed by atoms with Gasteiger partial charge in [0.25, 0.3) is 0 Å². The number of benzene rings is 3. The normalized spacial score (nSPS) is 22.1. The molecule has 2 aliphatic rings. The van der Waals surface area contributed by atoms with Gasteiger partial charge in [0.2, 0.25) is 5.52 Å². The van der Waals surface area contributed by atoms with Crippen molar-refractivity contribution in [3.05, 3.63) is 71.4 Å². The van der Waals surface area contributed by atoms with Crippen LogP contribution in [0.5, 0.6) is 0 Å². The Morgan fingerprint density at radius 3 is 2.58 bits per heavy atom. The molecule has 2 saturated carbocycles. The highest BCUT2D eigenvalue weighted by Gasteiger charge is 2.40. The molecule has 36 heavy (non-hydrogen) atoms. The van der Waals surface area contributed by atoms with Crippen molar-refractivity contribution in [3.63, 3.8) is 0 Å². The van der Waals surface area contributed by atoms with Crippen LogP contribution in [-0.2, 0) is 13.5 Å². The molecule has 3 aromatic heterocycles. The highest BCUT2D eigenvalue weighted by Crippen LogP contribution is 2.53. The van der Waals surface area contributed by atoms with E-state index in [4.69, 9.17) is 0 Å². The summed E-state index contributed by atoms with van der Waals surface area (Å²) in [6.45, 7) is 6.92. The van der Waals surface area contributed by atoms with Crippen LogP contribution in [0.25, 0.3) is 49.0 Å². The van der Waals surface area contributed by atoms with Crippen molar-refractivity contribution in [2.24, 2.45) is 24.8 Å². The summed E-state index contributed by atoms with van der Waals surface area (Å²) in [5.41, 5.74) is 9.91. The number of aromatic nitrogens is 2. The molecule has 2 fully saturated rings. The summed E-state index contributed by atoms with van der Waals surface area (Å²) in [6.07, 6.45) is 9.12. The van der Waals surface area contributed by atoms with Gasteiger partial charge in [-0.3, -0.25) is 0 Å². The number of aryl methyl sites for hydroxylation is 2. The zero-order valence-corrected chi connectivity index (χ0v) is 21.9. The van der Waals surface area contributed by atoms with Gasteiger partial charge < -0.3 is 4.40 Å². The summed E-state index contributed by atoms with van der Waals surface area (Å²) < 4.78 is 4.98. The predicted octanol–water partition coefficient (Wildman–Crippen LogP) is 8.22. The van der Waals surface area contributed by atoms with Crippen molar-refractivity contribution >= 4 is 49.0 Å². The van der Waals surface area contributed by atoms with Gasteiger partial charge in [-0.2, -0.15) is 0 Å². The first-order chi connectivity index (χ1) is 17.5. The van der Waals surface area contributed by atoms with Crippen LogP contribution in [0.15, 0.2) is 54.7 Å². The molecule has 3 atom stereocenters. The maximum Gasteiger partial charge on any atom is 0.224 e. The first-order valence-corrected chi connectivity index (χ1v) is 14.0. The maximum atomic E-state index is 2.62. The largest absolute Gasteiger partial charge is 0.307 e. The van der Waals surface area contributed by atoms with Crippen LogP contribution < -0.4 is 4.57 Å². The van der Waals surface area contributed by atoms with Crippen molar-refractivity contribution in [3.8, 4) is 0 Å². The van der Waals surface area contributed by atoms with E-state index >= 15 is 0 Å². The SMILES string of the molecule is Cc1ccc2c3cc(CC(C)C)ccc3n3c4cc(C5CC6CCC5C6)cc5cc[n+](C)c(c1c23)c54. The second-order valence-electron chi connectivity index (χ2n) is 12.5. The molecule has 6 aromatic rings. The zero-order chi connectivity index (χ0) is 24.3. The average molecular weight is 472 g/mol. The fraction of sp³-hybridized carbons (Fsp3) is 0.382. The first kappa shape index (κ1) is 21.0. The Bertz CT molecular complexity index is 1840. The quantitative estimate of drug-likeness (QED) is 0.140. The zero-order valence-electron chi connectivity index (χ0n) is 21.9. The molecular weight excluding hydrogens is 436 g/mol. The lowest BCUT2D eigenvalue weighted by Gasteiger charge is -2.23. The van der Waals surface area contributed by atoms with Crippen molar-refractivity contribution in [2.45, 2.75) is 58.8 Å². The molecule has 0 N–H and O–H groups in total. The Hall–Kier alpha value is -3.13. The molecule has 2 aliphatic carbocycles. The van der Waals surface area contributed by atoms with E-state index in [1.807, 2.05) is 0 Å². The molecule has 3 unspecified atom stereocenters. The summed E-state index contributed by atoms with van der Waals surface area (Å²) in [5.74, 6) is 3.23. The van der Waals surface area contributed by atoms with Gasteiger partial charge in [-0.05, 0) is 96.6 Å². The van der Waals surface area contributed by atoms with Gasteiger partial charge in [0, 0.05) is 16.8 Å². The Labute approximate surface area is 212 Å². The highest BCUT2D eigenvalue weighted by atomic mass is 15.0. The van der Waals surface area contributed by atoms with Crippen molar-refractivity contribution in [1.82, 2.24) is 4.40 Å². The van der Waals surface area contributed by atoms with Gasteiger partial charge >= 0.3 is 0 Å². The summed E-state index contributed by atoms with van der Waals surface area (Å²) in [4.78, 5) is 0. The molecule has 2 heteroatoms. The molecule has 0 radical (unpaired) electrons.